The summed E-state index contributed by atoms with van der Waals surface area (Å²) in [5.41, 5.74) is 0.835. The van der Waals surface area contributed by atoms with Crippen LogP contribution in [0.15, 0.2) is 40.6 Å². The maximum Gasteiger partial charge on any atom is 0.433 e. The minimum absolute atomic E-state index is 0.226. The van der Waals surface area contributed by atoms with E-state index in [4.69, 9.17) is 9.62 Å². The van der Waals surface area contributed by atoms with Gasteiger partial charge in [-0.1, -0.05) is 11.2 Å². The van der Waals surface area contributed by atoms with Crippen LogP contribution in [0.2, 0.25) is 0 Å². The molecule has 0 aromatic carbocycles. The summed E-state index contributed by atoms with van der Waals surface area (Å²) in [6, 6.07) is 2.68. The van der Waals surface area contributed by atoms with Crippen molar-refractivity contribution in [1.82, 2.24) is 9.78 Å². The monoisotopic (exact) mass is 262 g/mol. The van der Waals surface area contributed by atoms with Crippen molar-refractivity contribution in [2.75, 3.05) is 0 Å². The zero-order valence-corrected chi connectivity index (χ0v) is 9.76. The molecule has 0 bridgehead atoms. The summed E-state index contributed by atoms with van der Waals surface area (Å²) in [5, 5.41) is 26.3. The summed E-state index contributed by atoms with van der Waals surface area (Å²) < 4.78 is 6.61. The molecule has 0 aliphatic rings. The Bertz CT molecular complexity index is 641. The van der Waals surface area contributed by atoms with Crippen molar-refractivity contribution in [3.8, 4) is 11.5 Å². The van der Waals surface area contributed by atoms with Gasteiger partial charge in [0.15, 0.2) is 5.76 Å². The molecule has 1 N–H and O–H groups in total. The highest BCUT2D eigenvalue weighted by Gasteiger charge is 2.18. The van der Waals surface area contributed by atoms with Gasteiger partial charge in [0.1, 0.15) is 10.6 Å². The van der Waals surface area contributed by atoms with Crippen molar-refractivity contribution in [2.24, 2.45) is 5.16 Å². The first-order chi connectivity index (χ1) is 9.15. The Morgan fingerprint density at radius 3 is 3.00 bits per heavy atom. The van der Waals surface area contributed by atoms with E-state index in [-0.39, 0.29) is 11.6 Å². The standard InChI is InChI=1S/C11H10N4O4/c1-2-5-14-7-8(6-12-16)11(13-14)9-3-4-10(19-9)15(17)18/h2-4,6-7,16H,1,5H2. The van der Waals surface area contributed by atoms with Crippen molar-refractivity contribution in [2.45, 2.75) is 6.54 Å². The molecule has 0 atom stereocenters. The lowest BCUT2D eigenvalue weighted by atomic mass is 10.2. The van der Waals surface area contributed by atoms with Crippen LogP contribution in [0, 0.1) is 10.1 Å². The third-order valence-electron chi connectivity index (χ3n) is 2.31. The molecule has 2 aromatic heterocycles. The van der Waals surface area contributed by atoms with Crippen molar-refractivity contribution in [3.63, 3.8) is 0 Å². The molecule has 0 spiro atoms. The van der Waals surface area contributed by atoms with Gasteiger partial charge in [-0.2, -0.15) is 5.10 Å². The van der Waals surface area contributed by atoms with Crippen LogP contribution in [-0.4, -0.2) is 26.1 Å². The fourth-order valence-electron chi connectivity index (χ4n) is 1.56. The summed E-state index contributed by atoms with van der Waals surface area (Å²) >= 11 is 0. The number of nitro groups is 1. The second-order valence-electron chi connectivity index (χ2n) is 3.58. The average Bonchev–Trinajstić information content (AvgIpc) is 2.96. The van der Waals surface area contributed by atoms with Crippen LogP contribution < -0.4 is 0 Å². The van der Waals surface area contributed by atoms with Crippen molar-refractivity contribution in [3.05, 3.63) is 46.7 Å². The fraction of sp³-hybridized carbons (Fsp3) is 0.0909. The Kier molecular flexibility index (Phi) is 3.42. The van der Waals surface area contributed by atoms with Gasteiger partial charge in [-0.3, -0.25) is 14.8 Å². The molecule has 8 nitrogen and oxygen atoms in total. The van der Waals surface area contributed by atoms with Crippen molar-refractivity contribution >= 4 is 12.1 Å². The zero-order valence-electron chi connectivity index (χ0n) is 9.76. The predicted molar refractivity (Wildman–Crippen MR) is 66.2 cm³/mol. The largest absolute Gasteiger partial charge is 0.433 e. The van der Waals surface area contributed by atoms with E-state index in [1.807, 2.05) is 0 Å². The van der Waals surface area contributed by atoms with Crippen LogP contribution >= 0.6 is 0 Å². The van der Waals surface area contributed by atoms with Gasteiger partial charge in [0.25, 0.3) is 0 Å². The van der Waals surface area contributed by atoms with E-state index < -0.39 is 4.92 Å². The molecule has 19 heavy (non-hydrogen) atoms. The summed E-state index contributed by atoms with van der Waals surface area (Å²) in [5.74, 6) is -0.149. The van der Waals surface area contributed by atoms with Crippen LogP contribution in [0.4, 0.5) is 5.88 Å². The normalized spacial score (nSPS) is 10.9. The van der Waals surface area contributed by atoms with Crippen molar-refractivity contribution in [1.29, 1.82) is 0 Å². The first-order valence-corrected chi connectivity index (χ1v) is 5.26. The number of hydrogen-bond donors (Lipinski definition) is 1. The van der Waals surface area contributed by atoms with Gasteiger partial charge in [-0.15, -0.1) is 6.58 Å². The molecule has 2 heterocycles. The Morgan fingerprint density at radius 1 is 1.63 bits per heavy atom. The first-order valence-electron chi connectivity index (χ1n) is 5.26. The Balaban J connectivity index is 2.46. The molecule has 0 saturated heterocycles. The topological polar surface area (TPSA) is 107 Å². The quantitative estimate of drug-likeness (QED) is 0.292. The van der Waals surface area contributed by atoms with E-state index in [9.17, 15) is 10.1 Å². The van der Waals surface area contributed by atoms with Gasteiger partial charge >= 0.3 is 5.88 Å². The van der Waals surface area contributed by atoms with Gasteiger partial charge in [-0.05, 0) is 6.07 Å². The highest BCUT2D eigenvalue weighted by molar-refractivity contribution is 5.87. The number of nitrogens with zero attached hydrogens (tertiary/aromatic N) is 4. The minimum Gasteiger partial charge on any atom is -0.411 e. The maximum atomic E-state index is 10.6. The SMILES string of the molecule is C=CCn1cc(C=NO)c(-c2ccc([N+](=O)[O-])o2)n1. The Labute approximate surface area is 107 Å². The van der Waals surface area contributed by atoms with Crippen molar-refractivity contribution < 1.29 is 14.5 Å². The summed E-state index contributed by atoms with van der Waals surface area (Å²) in [6.07, 6.45) is 4.43. The number of aromatic nitrogens is 2. The highest BCUT2D eigenvalue weighted by Crippen LogP contribution is 2.26. The molecule has 0 aliphatic carbocycles. The molecule has 0 aliphatic heterocycles. The van der Waals surface area contributed by atoms with Crippen LogP contribution in [0.3, 0.4) is 0 Å². The maximum absolute atomic E-state index is 10.6. The van der Waals surface area contributed by atoms with Gasteiger partial charge < -0.3 is 9.62 Å². The summed E-state index contributed by atoms with van der Waals surface area (Å²) in [6.45, 7) is 4.04. The van der Waals surface area contributed by atoms with E-state index in [1.54, 1.807) is 17.0 Å². The van der Waals surface area contributed by atoms with Gasteiger partial charge in [0, 0.05) is 11.8 Å². The number of hydrogen-bond acceptors (Lipinski definition) is 6. The van der Waals surface area contributed by atoms with E-state index in [0.717, 1.165) is 0 Å². The van der Waals surface area contributed by atoms with Gasteiger partial charge in [-0.25, -0.2) is 0 Å². The van der Waals surface area contributed by atoms with Crippen LogP contribution in [0.25, 0.3) is 11.5 Å². The molecule has 0 unspecified atom stereocenters. The minimum atomic E-state index is -0.635. The molecule has 0 amide bonds. The first kappa shape index (κ1) is 12.6. The molecule has 8 heteroatoms. The second kappa shape index (κ2) is 5.17. The molecule has 0 saturated carbocycles. The van der Waals surface area contributed by atoms with Crippen LogP contribution in [-0.2, 0) is 6.54 Å². The van der Waals surface area contributed by atoms with E-state index in [2.05, 4.69) is 16.8 Å². The molecule has 2 rings (SSSR count). The lowest BCUT2D eigenvalue weighted by Crippen LogP contribution is -1.94. The molecule has 0 radical (unpaired) electrons. The summed E-state index contributed by atoms with van der Waals surface area (Å²) in [7, 11) is 0. The lowest BCUT2D eigenvalue weighted by molar-refractivity contribution is -0.401. The molecule has 0 fully saturated rings. The second-order valence-corrected chi connectivity index (χ2v) is 3.58. The van der Waals surface area contributed by atoms with Crippen LogP contribution in [0.5, 0.6) is 0 Å². The molecule has 2 aromatic rings. The molecular formula is C11H10N4O4. The highest BCUT2D eigenvalue weighted by atomic mass is 16.6. The fourth-order valence-corrected chi connectivity index (χ4v) is 1.56. The number of furan rings is 1. The Hall–Kier alpha value is -2.90. The van der Waals surface area contributed by atoms with E-state index >= 15 is 0 Å². The van der Waals surface area contributed by atoms with Gasteiger partial charge in [0.2, 0.25) is 0 Å². The lowest BCUT2D eigenvalue weighted by Gasteiger charge is -1.92. The number of oxime groups is 1. The molecular weight excluding hydrogens is 252 g/mol. The smallest absolute Gasteiger partial charge is 0.411 e. The van der Waals surface area contributed by atoms with E-state index in [1.165, 1.54) is 18.3 Å². The predicted octanol–water partition coefficient (Wildman–Crippen LogP) is 2.05. The average molecular weight is 262 g/mol. The third-order valence-corrected chi connectivity index (χ3v) is 2.31. The number of rotatable bonds is 5. The zero-order chi connectivity index (χ0) is 13.8. The third kappa shape index (κ3) is 2.51. The van der Waals surface area contributed by atoms with E-state index in [0.29, 0.717) is 17.8 Å². The Morgan fingerprint density at radius 2 is 2.42 bits per heavy atom. The molecule has 98 valence electrons. The number of allylic oxidation sites excluding steroid dienone is 1. The van der Waals surface area contributed by atoms with Crippen LogP contribution in [0.1, 0.15) is 5.56 Å². The van der Waals surface area contributed by atoms with Gasteiger partial charge in [0.05, 0.1) is 18.8 Å². The summed E-state index contributed by atoms with van der Waals surface area (Å²) in [4.78, 5) is 9.94.